The van der Waals surface area contributed by atoms with Gasteiger partial charge >= 0.3 is 0 Å². The summed E-state index contributed by atoms with van der Waals surface area (Å²) < 4.78 is 15.2. The first kappa shape index (κ1) is 30.3. The summed E-state index contributed by atoms with van der Waals surface area (Å²) in [6, 6.07) is 54.0. The largest absolute Gasteiger partial charge is 0.456 e. The molecule has 0 bridgehead atoms. The molecule has 4 heterocycles. The molecule has 0 fully saturated rings. The number of fused-ring (bicyclic) bond motifs is 11. The van der Waals surface area contributed by atoms with Crippen LogP contribution < -0.4 is 0 Å². The van der Waals surface area contributed by atoms with Gasteiger partial charge in [-0.05, 0) is 70.1 Å². The van der Waals surface area contributed by atoms with Crippen molar-refractivity contribution in [2.75, 3.05) is 0 Å². The van der Waals surface area contributed by atoms with Gasteiger partial charge in [0, 0.05) is 47.8 Å². The average Bonchev–Trinajstić information content (AvgIpc) is 3.97. The third-order valence-electron chi connectivity index (χ3n) is 10.6. The Hall–Kier alpha value is -7.22. The molecular formula is C48H26N4O2S. The molecule has 12 rings (SSSR count). The highest BCUT2D eigenvalue weighted by Gasteiger charge is 2.21. The lowest BCUT2D eigenvalue weighted by atomic mass is 10.0. The van der Waals surface area contributed by atoms with E-state index in [1.54, 1.807) is 11.3 Å². The highest BCUT2D eigenvalue weighted by Crippen LogP contribution is 2.42. The first-order valence-electron chi connectivity index (χ1n) is 18.1. The van der Waals surface area contributed by atoms with Crippen LogP contribution in [0.2, 0.25) is 0 Å². The monoisotopic (exact) mass is 722 g/mol. The van der Waals surface area contributed by atoms with Gasteiger partial charge in [-0.15, -0.1) is 11.3 Å². The highest BCUT2D eigenvalue weighted by molar-refractivity contribution is 7.26. The summed E-state index contributed by atoms with van der Waals surface area (Å²) >= 11 is 1.77. The van der Waals surface area contributed by atoms with Gasteiger partial charge < -0.3 is 8.83 Å². The molecule has 0 unspecified atom stereocenters. The van der Waals surface area contributed by atoms with Crippen LogP contribution in [0.15, 0.2) is 167 Å². The van der Waals surface area contributed by atoms with Gasteiger partial charge in [0.05, 0.1) is 5.39 Å². The molecule has 0 spiro atoms. The number of thiophene rings is 1. The minimum absolute atomic E-state index is 0.575. The molecule has 8 aromatic carbocycles. The van der Waals surface area contributed by atoms with E-state index in [-0.39, 0.29) is 0 Å². The molecule has 6 nitrogen and oxygen atoms in total. The first-order valence-corrected chi connectivity index (χ1v) is 18.9. The van der Waals surface area contributed by atoms with Crippen molar-refractivity contribution in [3.05, 3.63) is 158 Å². The van der Waals surface area contributed by atoms with Crippen molar-refractivity contribution >= 4 is 86.1 Å². The fourth-order valence-corrected chi connectivity index (χ4v) is 9.21. The summed E-state index contributed by atoms with van der Waals surface area (Å²) in [6.45, 7) is 0. The fourth-order valence-electron chi connectivity index (χ4n) is 8.00. The Labute approximate surface area is 317 Å². The zero-order valence-electron chi connectivity index (χ0n) is 29.0. The van der Waals surface area contributed by atoms with Crippen LogP contribution in [0.25, 0.3) is 120 Å². The van der Waals surface area contributed by atoms with E-state index in [2.05, 4.69) is 109 Å². The Kier molecular flexibility index (Phi) is 6.40. The van der Waals surface area contributed by atoms with Crippen LogP contribution in [-0.2, 0) is 0 Å². The highest BCUT2D eigenvalue weighted by atomic mass is 32.1. The molecule has 0 saturated carbocycles. The molecule has 0 atom stereocenters. The SMILES string of the molecule is c1ccc(-c2nc3c(ccc4oc5ccc6ccc(-c7nc(-c8cccc9ccccc89)nc(-c8cccc9c8sc8ccccc89)n7)cc6c5c43)o2)cc1. The van der Waals surface area contributed by atoms with Crippen LogP contribution in [0.3, 0.4) is 0 Å². The summed E-state index contributed by atoms with van der Waals surface area (Å²) in [5.41, 5.74) is 6.75. The number of hydrogen-bond acceptors (Lipinski definition) is 7. The molecule has 256 valence electrons. The van der Waals surface area contributed by atoms with Crippen molar-refractivity contribution in [1.29, 1.82) is 0 Å². The van der Waals surface area contributed by atoms with Gasteiger partial charge in [0.1, 0.15) is 16.7 Å². The normalized spacial score (nSPS) is 12.0. The van der Waals surface area contributed by atoms with Crippen molar-refractivity contribution in [3.8, 4) is 45.6 Å². The second kappa shape index (κ2) is 11.6. The maximum Gasteiger partial charge on any atom is 0.227 e. The summed E-state index contributed by atoms with van der Waals surface area (Å²) in [6.07, 6.45) is 0. The molecule has 7 heteroatoms. The number of nitrogens with zero attached hydrogens (tertiary/aromatic N) is 4. The van der Waals surface area contributed by atoms with E-state index in [4.69, 9.17) is 28.8 Å². The summed E-state index contributed by atoms with van der Waals surface area (Å²) in [4.78, 5) is 20.7. The predicted molar refractivity (Wildman–Crippen MR) is 224 cm³/mol. The number of rotatable bonds is 4. The maximum absolute atomic E-state index is 6.47. The van der Waals surface area contributed by atoms with Crippen LogP contribution in [0, 0.1) is 0 Å². The van der Waals surface area contributed by atoms with Gasteiger partial charge in [0.25, 0.3) is 0 Å². The van der Waals surface area contributed by atoms with Crippen LogP contribution in [0.4, 0.5) is 0 Å². The lowest BCUT2D eigenvalue weighted by molar-refractivity contribution is 0.619. The van der Waals surface area contributed by atoms with Gasteiger partial charge in [0.2, 0.25) is 5.89 Å². The Balaban J connectivity index is 1.12. The molecule has 0 radical (unpaired) electrons. The average molecular weight is 723 g/mol. The van der Waals surface area contributed by atoms with Crippen LogP contribution in [0.5, 0.6) is 0 Å². The predicted octanol–water partition coefficient (Wildman–Crippen LogP) is 13.3. The van der Waals surface area contributed by atoms with Crippen LogP contribution in [0.1, 0.15) is 0 Å². The Morgan fingerprint density at radius 1 is 0.400 bits per heavy atom. The van der Waals surface area contributed by atoms with E-state index in [0.717, 1.165) is 76.0 Å². The lowest BCUT2D eigenvalue weighted by Crippen LogP contribution is -2.00. The third-order valence-corrected chi connectivity index (χ3v) is 11.8. The summed E-state index contributed by atoms with van der Waals surface area (Å²) in [5, 5.41) is 8.63. The van der Waals surface area contributed by atoms with Crippen LogP contribution in [-0.4, -0.2) is 19.9 Å². The van der Waals surface area contributed by atoms with E-state index in [1.165, 1.54) is 15.5 Å². The number of oxazole rings is 1. The minimum Gasteiger partial charge on any atom is -0.456 e. The van der Waals surface area contributed by atoms with Crippen molar-refractivity contribution < 1.29 is 8.83 Å². The topological polar surface area (TPSA) is 77.8 Å². The van der Waals surface area contributed by atoms with E-state index in [9.17, 15) is 0 Å². The third kappa shape index (κ3) is 4.67. The smallest absolute Gasteiger partial charge is 0.227 e. The zero-order valence-corrected chi connectivity index (χ0v) is 29.8. The van der Waals surface area contributed by atoms with Gasteiger partial charge in [-0.25, -0.2) is 19.9 Å². The second-order valence-electron chi connectivity index (χ2n) is 13.8. The van der Waals surface area contributed by atoms with Crippen molar-refractivity contribution in [1.82, 2.24) is 19.9 Å². The van der Waals surface area contributed by atoms with Gasteiger partial charge in [-0.2, -0.15) is 0 Å². The van der Waals surface area contributed by atoms with Gasteiger partial charge in [-0.1, -0.05) is 109 Å². The molecule has 0 aliphatic rings. The quantitative estimate of drug-likeness (QED) is 0.180. The number of aromatic nitrogens is 4. The maximum atomic E-state index is 6.47. The molecular weight excluding hydrogens is 697 g/mol. The molecule has 0 N–H and O–H groups in total. The molecule has 4 aromatic heterocycles. The number of hydrogen-bond donors (Lipinski definition) is 0. The van der Waals surface area contributed by atoms with Crippen molar-refractivity contribution in [2.24, 2.45) is 0 Å². The summed E-state index contributed by atoms with van der Waals surface area (Å²) in [5.74, 6) is 2.43. The molecule has 0 amide bonds. The second-order valence-corrected chi connectivity index (χ2v) is 14.8. The number of benzene rings is 8. The van der Waals surface area contributed by atoms with Gasteiger partial charge in [-0.3, -0.25) is 0 Å². The molecule has 55 heavy (non-hydrogen) atoms. The van der Waals surface area contributed by atoms with E-state index < -0.39 is 0 Å². The van der Waals surface area contributed by atoms with E-state index >= 15 is 0 Å². The summed E-state index contributed by atoms with van der Waals surface area (Å²) in [7, 11) is 0. The first-order chi connectivity index (χ1) is 27.2. The molecule has 0 aliphatic heterocycles. The Morgan fingerprint density at radius 3 is 1.98 bits per heavy atom. The molecule has 0 aliphatic carbocycles. The Bertz CT molecular complexity index is 3500. The van der Waals surface area contributed by atoms with Crippen LogP contribution >= 0.6 is 11.3 Å². The van der Waals surface area contributed by atoms with Gasteiger partial charge in [0.15, 0.2) is 23.1 Å². The number of furan rings is 1. The molecule has 12 aromatic rings. The zero-order chi connectivity index (χ0) is 36.0. The lowest BCUT2D eigenvalue weighted by Gasteiger charge is -2.11. The standard InChI is InChI=1S/C48H26N4O2S/c1-2-11-29(12-3-1)48-49-43-39(54-48)25-24-38-42(43)41-36-26-30(21-20-28(36)22-23-37(41)53-38)45-50-46(34-17-8-13-27-10-4-5-14-31(27)34)52-47(51-45)35-18-9-16-33-32-15-6-7-19-40(32)55-44(33)35/h1-26H. The van der Waals surface area contributed by atoms with E-state index in [1.807, 2.05) is 48.5 Å². The van der Waals surface area contributed by atoms with Crippen molar-refractivity contribution in [3.63, 3.8) is 0 Å². The van der Waals surface area contributed by atoms with Crippen molar-refractivity contribution in [2.45, 2.75) is 0 Å². The van der Waals surface area contributed by atoms with E-state index in [0.29, 0.717) is 28.9 Å². The molecule has 0 saturated heterocycles. The fraction of sp³-hybridized carbons (Fsp3) is 0. The Morgan fingerprint density at radius 2 is 1.05 bits per heavy atom. The minimum atomic E-state index is 0.575.